The fourth-order valence-corrected chi connectivity index (χ4v) is 2.47. The maximum absolute atomic E-state index is 4.43. The van der Waals surface area contributed by atoms with E-state index in [1.165, 1.54) is 0 Å². The third kappa shape index (κ3) is 4.18. The minimum atomic E-state index is 0.567. The van der Waals surface area contributed by atoms with Crippen molar-refractivity contribution in [2.75, 3.05) is 37.6 Å². The van der Waals surface area contributed by atoms with Crippen LogP contribution in [0, 0.1) is 0 Å². The first-order valence-corrected chi connectivity index (χ1v) is 7.30. The number of hydrogen-bond acceptors (Lipinski definition) is 4. The van der Waals surface area contributed by atoms with E-state index in [2.05, 4.69) is 53.0 Å². The maximum Gasteiger partial charge on any atom is 0.128 e. The highest BCUT2D eigenvalue weighted by Crippen LogP contribution is 2.13. The molecule has 106 valence electrons. The van der Waals surface area contributed by atoms with Crippen LogP contribution in [0.2, 0.25) is 0 Å². The molecule has 1 aromatic heterocycles. The Hall–Kier alpha value is -1.13. The average Bonchev–Trinajstić information content (AvgIpc) is 2.46. The molecule has 0 amide bonds. The average molecular weight is 262 g/mol. The Morgan fingerprint density at radius 3 is 2.47 bits per heavy atom. The summed E-state index contributed by atoms with van der Waals surface area (Å²) in [5.74, 6) is 1.11. The molecule has 1 unspecified atom stereocenters. The minimum absolute atomic E-state index is 0.567. The van der Waals surface area contributed by atoms with Crippen molar-refractivity contribution in [3.63, 3.8) is 0 Å². The van der Waals surface area contributed by atoms with Gasteiger partial charge in [-0.3, -0.25) is 4.90 Å². The van der Waals surface area contributed by atoms with Gasteiger partial charge in [-0.2, -0.15) is 0 Å². The Kier molecular flexibility index (Phi) is 5.16. The van der Waals surface area contributed by atoms with Gasteiger partial charge in [-0.25, -0.2) is 4.98 Å². The maximum atomic E-state index is 4.43. The van der Waals surface area contributed by atoms with Crippen molar-refractivity contribution < 1.29 is 0 Å². The van der Waals surface area contributed by atoms with Crippen LogP contribution in [0.4, 0.5) is 5.82 Å². The molecule has 0 spiro atoms. The molecule has 4 heteroatoms. The minimum Gasteiger partial charge on any atom is -0.354 e. The number of nitrogens with one attached hydrogen (secondary N) is 1. The zero-order valence-corrected chi connectivity index (χ0v) is 12.3. The zero-order valence-electron chi connectivity index (χ0n) is 12.3. The number of piperazine rings is 1. The lowest BCUT2D eigenvalue weighted by Gasteiger charge is -2.38. The van der Waals surface area contributed by atoms with E-state index in [-0.39, 0.29) is 0 Å². The monoisotopic (exact) mass is 262 g/mol. The van der Waals surface area contributed by atoms with Crippen LogP contribution in [0.25, 0.3) is 0 Å². The quantitative estimate of drug-likeness (QED) is 0.873. The molecule has 1 saturated heterocycles. The van der Waals surface area contributed by atoms with Crippen LogP contribution in [-0.2, 0) is 0 Å². The first-order chi connectivity index (χ1) is 9.16. The van der Waals surface area contributed by atoms with Gasteiger partial charge in [0.2, 0.25) is 0 Å². The van der Waals surface area contributed by atoms with E-state index in [0.29, 0.717) is 12.1 Å². The van der Waals surface area contributed by atoms with Gasteiger partial charge >= 0.3 is 0 Å². The number of aromatic nitrogens is 1. The van der Waals surface area contributed by atoms with Crippen molar-refractivity contribution in [1.82, 2.24) is 15.2 Å². The fourth-order valence-electron chi connectivity index (χ4n) is 2.47. The van der Waals surface area contributed by atoms with Gasteiger partial charge in [-0.1, -0.05) is 19.9 Å². The van der Waals surface area contributed by atoms with Crippen molar-refractivity contribution in [3.8, 4) is 0 Å². The van der Waals surface area contributed by atoms with E-state index in [0.717, 1.165) is 38.5 Å². The number of nitrogens with zero attached hydrogens (tertiary/aromatic N) is 3. The van der Waals surface area contributed by atoms with Crippen LogP contribution in [0.5, 0.6) is 0 Å². The van der Waals surface area contributed by atoms with Gasteiger partial charge in [0.05, 0.1) is 0 Å². The SMILES string of the molecule is CC(C)NCC(C)N1CCN(c2ccccn2)CC1. The summed E-state index contributed by atoms with van der Waals surface area (Å²) < 4.78 is 0. The Balaban J connectivity index is 1.79. The number of rotatable bonds is 5. The molecule has 1 aromatic rings. The Bertz CT molecular complexity index is 358. The second-order valence-electron chi connectivity index (χ2n) is 5.62. The lowest BCUT2D eigenvalue weighted by Crippen LogP contribution is -2.52. The lowest BCUT2D eigenvalue weighted by molar-refractivity contribution is 0.190. The lowest BCUT2D eigenvalue weighted by atomic mass is 10.2. The molecule has 1 aliphatic rings. The summed E-state index contributed by atoms with van der Waals surface area (Å²) in [6.07, 6.45) is 1.87. The van der Waals surface area contributed by atoms with Crippen LogP contribution >= 0.6 is 0 Å². The Morgan fingerprint density at radius 2 is 1.89 bits per heavy atom. The van der Waals surface area contributed by atoms with Crippen LogP contribution in [-0.4, -0.2) is 54.7 Å². The van der Waals surface area contributed by atoms with E-state index in [9.17, 15) is 0 Å². The van der Waals surface area contributed by atoms with Crippen molar-refractivity contribution in [1.29, 1.82) is 0 Å². The van der Waals surface area contributed by atoms with E-state index in [1.54, 1.807) is 0 Å². The Morgan fingerprint density at radius 1 is 1.16 bits per heavy atom. The van der Waals surface area contributed by atoms with Crippen LogP contribution in [0.3, 0.4) is 0 Å². The summed E-state index contributed by atoms with van der Waals surface area (Å²) in [6, 6.07) is 7.30. The molecule has 19 heavy (non-hydrogen) atoms. The summed E-state index contributed by atoms with van der Waals surface area (Å²) >= 11 is 0. The van der Waals surface area contributed by atoms with Gasteiger partial charge in [0, 0.05) is 51.0 Å². The van der Waals surface area contributed by atoms with Crippen molar-refractivity contribution in [2.24, 2.45) is 0 Å². The molecule has 0 aromatic carbocycles. The topological polar surface area (TPSA) is 31.4 Å². The van der Waals surface area contributed by atoms with E-state index in [4.69, 9.17) is 0 Å². The van der Waals surface area contributed by atoms with Gasteiger partial charge < -0.3 is 10.2 Å². The number of pyridine rings is 1. The fraction of sp³-hybridized carbons (Fsp3) is 0.667. The normalized spacial score (nSPS) is 18.8. The van der Waals surface area contributed by atoms with Gasteiger partial charge in [0.25, 0.3) is 0 Å². The molecule has 0 bridgehead atoms. The smallest absolute Gasteiger partial charge is 0.128 e. The van der Waals surface area contributed by atoms with Crippen LogP contribution < -0.4 is 10.2 Å². The number of hydrogen-bond donors (Lipinski definition) is 1. The third-order valence-electron chi connectivity index (χ3n) is 3.73. The molecule has 0 saturated carbocycles. The number of anilines is 1. The second-order valence-corrected chi connectivity index (χ2v) is 5.62. The van der Waals surface area contributed by atoms with Crippen LogP contribution in [0.1, 0.15) is 20.8 Å². The van der Waals surface area contributed by atoms with Gasteiger partial charge in [0.1, 0.15) is 5.82 Å². The molecule has 2 rings (SSSR count). The Labute approximate surface area is 116 Å². The highest BCUT2D eigenvalue weighted by Gasteiger charge is 2.21. The predicted molar refractivity (Wildman–Crippen MR) is 80.6 cm³/mol. The summed E-state index contributed by atoms with van der Waals surface area (Å²) in [6.45, 7) is 12.2. The van der Waals surface area contributed by atoms with E-state index in [1.807, 2.05) is 12.3 Å². The van der Waals surface area contributed by atoms with Crippen LogP contribution in [0.15, 0.2) is 24.4 Å². The third-order valence-corrected chi connectivity index (χ3v) is 3.73. The van der Waals surface area contributed by atoms with Crippen molar-refractivity contribution >= 4 is 5.82 Å². The van der Waals surface area contributed by atoms with E-state index < -0.39 is 0 Å². The van der Waals surface area contributed by atoms with Gasteiger partial charge in [0.15, 0.2) is 0 Å². The molecule has 1 atom stereocenters. The first-order valence-electron chi connectivity index (χ1n) is 7.30. The molecule has 4 nitrogen and oxygen atoms in total. The molecule has 2 heterocycles. The molecule has 1 N–H and O–H groups in total. The van der Waals surface area contributed by atoms with Crippen molar-refractivity contribution in [2.45, 2.75) is 32.9 Å². The molecule has 1 aliphatic heterocycles. The molecule has 0 aliphatic carbocycles. The largest absolute Gasteiger partial charge is 0.354 e. The predicted octanol–water partition coefficient (Wildman–Crippen LogP) is 1.59. The first kappa shape index (κ1) is 14.3. The summed E-state index contributed by atoms with van der Waals surface area (Å²) in [5.41, 5.74) is 0. The summed E-state index contributed by atoms with van der Waals surface area (Å²) in [4.78, 5) is 9.37. The van der Waals surface area contributed by atoms with Gasteiger partial charge in [-0.05, 0) is 19.1 Å². The molecular weight excluding hydrogens is 236 g/mol. The second kappa shape index (κ2) is 6.87. The van der Waals surface area contributed by atoms with E-state index >= 15 is 0 Å². The molecular formula is C15H26N4. The summed E-state index contributed by atoms with van der Waals surface area (Å²) in [5, 5.41) is 3.52. The summed E-state index contributed by atoms with van der Waals surface area (Å²) in [7, 11) is 0. The standard InChI is InChI=1S/C15H26N4/c1-13(2)17-12-14(3)18-8-10-19(11-9-18)15-6-4-5-7-16-15/h4-7,13-14,17H,8-12H2,1-3H3. The van der Waals surface area contributed by atoms with Crippen molar-refractivity contribution in [3.05, 3.63) is 24.4 Å². The molecule has 0 radical (unpaired) electrons. The zero-order chi connectivity index (χ0) is 13.7. The van der Waals surface area contributed by atoms with Gasteiger partial charge in [-0.15, -0.1) is 0 Å². The highest BCUT2D eigenvalue weighted by molar-refractivity contribution is 5.38. The highest BCUT2D eigenvalue weighted by atomic mass is 15.3. The molecule has 1 fully saturated rings.